The van der Waals surface area contributed by atoms with Gasteiger partial charge in [-0.3, -0.25) is 9.59 Å². The number of aliphatic hydroxyl groups is 2. The van der Waals surface area contributed by atoms with E-state index in [9.17, 15) is 19.8 Å². The number of hydrogen-bond donors (Lipinski definition) is 3. The van der Waals surface area contributed by atoms with E-state index < -0.39 is 12.1 Å². The van der Waals surface area contributed by atoms with Gasteiger partial charge in [0.15, 0.2) is 0 Å². The van der Waals surface area contributed by atoms with Gasteiger partial charge in [0.05, 0.1) is 25.4 Å². The third kappa shape index (κ3) is 47.7. The molecule has 1 amide bonds. The Morgan fingerprint density at radius 1 is 0.443 bits per heavy atom. The number of allylic oxidation sites excluding steroid dienone is 3. The van der Waals surface area contributed by atoms with Crippen LogP contribution in [0.1, 0.15) is 290 Å². The van der Waals surface area contributed by atoms with Crippen molar-refractivity contribution in [3.8, 4) is 0 Å². The SMILES string of the molecule is CCCCCCCC/C=C\CCCCCCCCCC(=O)OCCCCCCCCCCCCCCC(=O)NC(CO)C(O)/C=C/CCCCCCCCCCCCCCC. The fourth-order valence-corrected chi connectivity index (χ4v) is 8.27. The Bertz CT molecular complexity index is 951. The molecule has 0 rings (SSSR count). The summed E-state index contributed by atoms with van der Waals surface area (Å²) in [5, 5.41) is 23.1. The number of hydrogen-bond acceptors (Lipinski definition) is 5. The molecule has 3 N–H and O–H groups in total. The molecule has 0 aromatic heterocycles. The van der Waals surface area contributed by atoms with Crippen molar-refractivity contribution in [1.82, 2.24) is 5.32 Å². The number of aliphatic hydroxyl groups excluding tert-OH is 2. The Morgan fingerprint density at radius 2 is 0.770 bits per heavy atom. The average Bonchev–Trinajstić information content (AvgIpc) is 3.26. The number of ether oxygens (including phenoxy) is 1. The fourth-order valence-electron chi connectivity index (χ4n) is 8.27. The Morgan fingerprint density at radius 3 is 1.16 bits per heavy atom. The monoisotopic (exact) mass is 860 g/mol. The summed E-state index contributed by atoms with van der Waals surface area (Å²) < 4.78 is 5.47. The largest absolute Gasteiger partial charge is 0.466 e. The van der Waals surface area contributed by atoms with E-state index >= 15 is 0 Å². The van der Waals surface area contributed by atoms with Crippen LogP contribution in [0.3, 0.4) is 0 Å². The lowest BCUT2D eigenvalue weighted by molar-refractivity contribution is -0.143. The van der Waals surface area contributed by atoms with Crippen LogP contribution < -0.4 is 5.32 Å². The van der Waals surface area contributed by atoms with Crippen molar-refractivity contribution in [1.29, 1.82) is 0 Å². The topological polar surface area (TPSA) is 95.9 Å². The van der Waals surface area contributed by atoms with Gasteiger partial charge >= 0.3 is 5.97 Å². The van der Waals surface area contributed by atoms with Crippen molar-refractivity contribution in [2.75, 3.05) is 13.2 Å². The number of nitrogens with one attached hydrogen (secondary N) is 1. The summed E-state index contributed by atoms with van der Waals surface area (Å²) in [6.45, 7) is 4.87. The first kappa shape index (κ1) is 59.3. The van der Waals surface area contributed by atoms with Crippen LogP contribution in [0.25, 0.3) is 0 Å². The van der Waals surface area contributed by atoms with Crippen molar-refractivity contribution >= 4 is 11.9 Å². The molecular formula is C55H105NO5. The summed E-state index contributed by atoms with van der Waals surface area (Å²) in [4.78, 5) is 24.5. The van der Waals surface area contributed by atoms with E-state index in [2.05, 4.69) is 31.3 Å². The lowest BCUT2D eigenvalue weighted by Crippen LogP contribution is -2.45. The van der Waals surface area contributed by atoms with Gasteiger partial charge in [-0.2, -0.15) is 0 Å². The van der Waals surface area contributed by atoms with Gasteiger partial charge in [-0.05, 0) is 57.8 Å². The van der Waals surface area contributed by atoms with Gasteiger partial charge in [-0.1, -0.05) is 244 Å². The van der Waals surface area contributed by atoms with Crippen LogP contribution in [0.4, 0.5) is 0 Å². The summed E-state index contributed by atoms with van der Waals surface area (Å²) >= 11 is 0. The van der Waals surface area contributed by atoms with Gasteiger partial charge in [0, 0.05) is 12.8 Å². The molecule has 6 heteroatoms. The summed E-state index contributed by atoms with van der Waals surface area (Å²) in [5.74, 6) is -0.0970. The zero-order valence-corrected chi connectivity index (χ0v) is 40.9. The second-order valence-electron chi connectivity index (χ2n) is 18.6. The molecular weight excluding hydrogens is 755 g/mol. The van der Waals surface area contributed by atoms with Gasteiger partial charge in [0.2, 0.25) is 5.91 Å². The molecule has 0 saturated heterocycles. The number of unbranched alkanes of at least 4 members (excludes halogenated alkanes) is 37. The molecule has 61 heavy (non-hydrogen) atoms. The third-order valence-electron chi connectivity index (χ3n) is 12.5. The molecule has 0 spiro atoms. The Kier molecular flexibility index (Phi) is 49.6. The number of carbonyl (C=O) groups excluding carboxylic acids is 2. The van der Waals surface area contributed by atoms with Crippen LogP contribution in [0.5, 0.6) is 0 Å². The van der Waals surface area contributed by atoms with Crippen LogP contribution >= 0.6 is 0 Å². The molecule has 2 atom stereocenters. The Labute approximate surface area is 380 Å². The maximum atomic E-state index is 12.4. The maximum Gasteiger partial charge on any atom is 0.305 e. The molecule has 0 aliphatic heterocycles. The van der Waals surface area contributed by atoms with E-state index in [4.69, 9.17) is 4.74 Å². The maximum absolute atomic E-state index is 12.4. The van der Waals surface area contributed by atoms with Crippen molar-refractivity contribution in [2.45, 2.75) is 302 Å². The van der Waals surface area contributed by atoms with Gasteiger partial charge in [-0.15, -0.1) is 0 Å². The molecule has 0 bridgehead atoms. The second-order valence-corrected chi connectivity index (χ2v) is 18.6. The number of rotatable bonds is 50. The molecule has 0 aromatic carbocycles. The summed E-state index contributed by atoms with van der Waals surface area (Å²) in [6.07, 6.45) is 60.3. The van der Waals surface area contributed by atoms with E-state index in [1.807, 2.05) is 6.08 Å². The molecule has 360 valence electrons. The van der Waals surface area contributed by atoms with E-state index in [0.717, 1.165) is 57.8 Å². The van der Waals surface area contributed by atoms with Crippen molar-refractivity contribution in [2.24, 2.45) is 0 Å². The van der Waals surface area contributed by atoms with Crippen LogP contribution in [0.15, 0.2) is 24.3 Å². The highest BCUT2D eigenvalue weighted by Gasteiger charge is 2.18. The first-order valence-electron chi connectivity index (χ1n) is 27.1. The minimum absolute atomic E-state index is 0.0141. The number of carbonyl (C=O) groups is 2. The minimum Gasteiger partial charge on any atom is -0.466 e. The minimum atomic E-state index is -0.854. The lowest BCUT2D eigenvalue weighted by atomic mass is 10.0. The first-order valence-corrected chi connectivity index (χ1v) is 27.1. The molecule has 0 aliphatic rings. The average molecular weight is 860 g/mol. The van der Waals surface area contributed by atoms with Gasteiger partial charge < -0.3 is 20.3 Å². The van der Waals surface area contributed by atoms with Gasteiger partial charge in [0.1, 0.15) is 0 Å². The molecule has 0 fully saturated rings. The fraction of sp³-hybridized carbons (Fsp3) is 0.891. The van der Waals surface area contributed by atoms with Crippen molar-refractivity contribution < 1.29 is 24.5 Å². The third-order valence-corrected chi connectivity index (χ3v) is 12.5. The molecule has 0 aromatic rings. The highest BCUT2D eigenvalue weighted by atomic mass is 16.5. The summed E-state index contributed by atoms with van der Waals surface area (Å²) in [7, 11) is 0. The van der Waals surface area contributed by atoms with E-state index in [-0.39, 0.29) is 18.5 Å². The molecule has 0 saturated carbocycles. The molecule has 0 heterocycles. The Hall–Kier alpha value is -1.66. The van der Waals surface area contributed by atoms with Crippen LogP contribution in [0.2, 0.25) is 0 Å². The van der Waals surface area contributed by atoms with Crippen LogP contribution in [-0.4, -0.2) is 47.4 Å². The highest BCUT2D eigenvalue weighted by Crippen LogP contribution is 2.16. The smallest absolute Gasteiger partial charge is 0.305 e. The van der Waals surface area contributed by atoms with E-state index in [0.29, 0.717) is 19.4 Å². The highest BCUT2D eigenvalue weighted by molar-refractivity contribution is 5.76. The van der Waals surface area contributed by atoms with E-state index in [1.54, 1.807) is 6.08 Å². The molecule has 0 aliphatic carbocycles. The second kappa shape index (κ2) is 51.0. The lowest BCUT2D eigenvalue weighted by Gasteiger charge is -2.20. The van der Waals surface area contributed by atoms with Crippen LogP contribution in [-0.2, 0) is 14.3 Å². The zero-order valence-electron chi connectivity index (χ0n) is 40.9. The normalized spacial score (nSPS) is 12.8. The standard InChI is InChI=1S/C55H105NO5/c1-3-5-7-9-11-13-15-17-19-20-22-24-29-33-37-41-45-49-55(60)61-50-46-42-38-34-30-26-25-28-32-36-40-44-48-54(59)56-52(51-57)53(58)47-43-39-35-31-27-23-21-18-16-14-12-10-8-6-4-2/h17,19,43,47,52-53,57-58H,3-16,18,20-42,44-46,48-51H2,1-2H3,(H,56,59)/b19-17-,47-43+. The molecule has 0 radical (unpaired) electrons. The molecule has 6 nitrogen and oxygen atoms in total. The predicted octanol–water partition coefficient (Wildman–Crippen LogP) is 16.3. The van der Waals surface area contributed by atoms with Crippen LogP contribution in [0, 0.1) is 0 Å². The zero-order chi connectivity index (χ0) is 44.4. The first-order chi connectivity index (χ1) is 30.0. The number of esters is 1. The summed E-state index contributed by atoms with van der Waals surface area (Å²) in [5.41, 5.74) is 0. The van der Waals surface area contributed by atoms with Crippen molar-refractivity contribution in [3.63, 3.8) is 0 Å². The Balaban J connectivity index is 3.48. The quantitative estimate of drug-likeness (QED) is 0.0322. The van der Waals surface area contributed by atoms with E-state index in [1.165, 1.54) is 205 Å². The van der Waals surface area contributed by atoms with Crippen molar-refractivity contribution in [3.05, 3.63) is 24.3 Å². The van der Waals surface area contributed by atoms with Gasteiger partial charge in [0.25, 0.3) is 0 Å². The van der Waals surface area contributed by atoms with Gasteiger partial charge in [-0.25, -0.2) is 0 Å². The molecule has 2 unspecified atom stereocenters. The summed E-state index contributed by atoms with van der Waals surface area (Å²) in [6, 6.07) is -0.639. The number of amides is 1. The predicted molar refractivity (Wildman–Crippen MR) is 264 cm³/mol.